The number of rotatable bonds is 6. The first kappa shape index (κ1) is 19.5. The van der Waals surface area contributed by atoms with E-state index in [1.165, 1.54) is 11.2 Å². The Balaban J connectivity index is 1.90. The molecule has 2 aromatic carbocycles. The van der Waals surface area contributed by atoms with E-state index in [4.69, 9.17) is 0 Å². The first-order valence-corrected chi connectivity index (χ1v) is 10.4. The van der Waals surface area contributed by atoms with Gasteiger partial charge in [0.1, 0.15) is 5.78 Å². The number of benzene rings is 2. The summed E-state index contributed by atoms with van der Waals surface area (Å²) in [6.45, 7) is 3.64. The van der Waals surface area contributed by atoms with Gasteiger partial charge in [0, 0.05) is 31.0 Å². The highest BCUT2D eigenvalue weighted by Crippen LogP contribution is 2.33. The van der Waals surface area contributed by atoms with Crippen LogP contribution in [-0.2, 0) is 14.8 Å². The van der Waals surface area contributed by atoms with Gasteiger partial charge in [-0.05, 0) is 31.9 Å². The van der Waals surface area contributed by atoms with Crippen LogP contribution < -0.4 is 0 Å². The highest BCUT2D eigenvalue weighted by Gasteiger charge is 2.43. The van der Waals surface area contributed by atoms with Crippen molar-refractivity contribution in [1.29, 1.82) is 0 Å². The topological polar surface area (TPSA) is 71.5 Å². The van der Waals surface area contributed by atoms with E-state index >= 15 is 0 Å². The molecule has 1 saturated heterocycles. The number of hydrogen-bond acceptors (Lipinski definition) is 4. The van der Waals surface area contributed by atoms with Crippen molar-refractivity contribution in [2.24, 2.45) is 11.8 Å². The lowest BCUT2D eigenvalue weighted by molar-refractivity contribution is -0.117. The first-order chi connectivity index (χ1) is 12.8. The van der Waals surface area contributed by atoms with E-state index in [1.54, 1.807) is 48.5 Å². The average molecular weight is 385 g/mol. The summed E-state index contributed by atoms with van der Waals surface area (Å²) in [5, 5.41) is 0. The number of carbonyl (C=O) groups is 2. The molecule has 1 aliphatic heterocycles. The monoisotopic (exact) mass is 385 g/mol. The largest absolute Gasteiger partial charge is 0.300 e. The third-order valence-corrected chi connectivity index (χ3v) is 6.86. The summed E-state index contributed by atoms with van der Waals surface area (Å²) in [4.78, 5) is 24.9. The fourth-order valence-electron chi connectivity index (χ4n) is 3.58. The van der Waals surface area contributed by atoms with Crippen molar-refractivity contribution in [3.8, 4) is 0 Å². The maximum Gasteiger partial charge on any atom is 0.243 e. The second-order valence-corrected chi connectivity index (χ2v) is 9.08. The van der Waals surface area contributed by atoms with Gasteiger partial charge >= 0.3 is 0 Å². The van der Waals surface area contributed by atoms with Gasteiger partial charge in [-0.1, -0.05) is 48.0 Å². The van der Waals surface area contributed by atoms with Gasteiger partial charge in [0.25, 0.3) is 0 Å². The Hall–Kier alpha value is -2.31. The van der Waals surface area contributed by atoms with Crippen LogP contribution in [0.5, 0.6) is 0 Å². The third kappa shape index (κ3) is 4.17. The molecule has 0 bridgehead atoms. The second kappa shape index (κ2) is 7.74. The predicted molar refractivity (Wildman–Crippen MR) is 103 cm³/mol. The molecule has 0 aromatic heterocycles. The van der Waals surface area contributed by atoms with Gasteiger partial charge < -0.3 is 4.79 Å². The summed E-state index contributed by atoms with van der Waals surface area (Å²) >= 11 is 0. The minimum absolute atomic E-state index is 0.0413. The molecule has 142 valence electrons. The molecule has 0 unspecified atom stereocenters. The van der Waals surface area contributed by atoms with Crippen LogP contribution in [0.25, 0.3) is 0 Å². The third-order valence-electron chi connectivity index (χ3n) is 5.01. The van der Waals surface area contributed by atoms with Gasteiger partial charge in [0.05, 0.1) is 4.90 Å². The van der Waals surface area contributed by atoms with E-state index in [2.05, 4.69) is 0 Å². The molecular weight excluding hydrogens is 362 g/mol. The smallest absolute Gasteiger partial charge is 0.243 e. The van der Waals surface area contributed by atoms with E-state index in [0.29, 0.717) is 5.56 Å². The normalized spacial score (nSPS) is 20.5. The highest BCUT2D eigenvalue weighted by atomic mass is 32.2. The van der Waals surface area contributed by atoms with Crippen LogP contribution in [0.4, 0.5) is 0 Å². The lowest BCUT2D eigenvalue weighted by Gasteiger charge is -2.16. The number of Topliss-reactive ketones (excluding diaryl/α,β-unsaturated/α-hetero) is 2. The fraction of sp³-hybridized carbons (Fsp3) is 0.333. The molecule has 2 atom stereocenters. The van der Waals surface area contributed by atoms with Crippen LogP contribution in [0.1, 0.15) is 29.3 Å². The molecule has 5 nitrogen and oxygen atoms in total. The number of carbonyl (C=O) groups excluding carboxylic acids is 2. The van der Waals surface area contributed by atoms with Gasteiger partial charge in [-0.2, -0.15) is 4.31 Å². The molecule has 2 aromatic rings. The summed E-state index contributed by atoms with van der Waals surface area (Å²) in [5.41, 5.74) is 1.52. The second-order valence-electron chi connectivity index (χ2n) is 7.14. The molecule has 1 fully saturated rings. The molecule has 0 radical (unpaired) electrons. The van der Waals surface area contributed by atoms with Crippen molar-refractivity contribution < 1.29 is 18.0 Å². The predicted octanol–water partition coefficient (Wildman–Crippen LogP) is 3.09. The average Bonchev–Trinajstić information content (AvgIpc) is 3.06. The number of sulfonamides is 1. The van der Waals surface area contributed by atoms with Crippen LogP contribution in [0, 0.1) is 18.8 Å². The van der Waals surface area contributed by atoms with Crippen molar-refractivity contribution >= 4 is 21.6 Å². The number of hydrogen-bond donors (Lipinski definition) is 0. The van der Waals surface area contributed by atoms with Crippen molar-refractivity contribution in [3.63, 3.8) is 0 Å². The Morgan fingerprint density at radius 1 is 1.00 bits per heavy atom. The molecule has 3 rings (SSSR count). The Labute approximate surface area is 160 Å². The van der Waals surface area contributed by atoms with Crippen LogP contribution >= 0.6 is 0 Å². The molecule has 1 heterocycles. The minimum Gasteiger partial charge on any atom is -0.300 e. The van der Waals surface area contributed by atoms with E-state index in [-0.39, 0.29) is 41.9 Å². The lowest BCUT2D eigenvalue weighted by Crippen LogP contribution is -2.30. The fourth-order valence-corrected chi connectivity index (χ4v) is 5.10. The summed E-state index contributed by atoms with van der Waals surface area (Å²) < 4.78 is 27.4. The maximum atomic E-state index is 13.0. The molecule has 27 heavy (non-hydrogen) atoms. The Bertz CT molecular complexity index is 936. The lowest BCUT2D eigenvalue weighted by atomic mass is 9.85. The van der Waals surface area contributed by atoms with E-state index < -0.39 is 15.9 Å². The van der Waals surface area contributed by atoms with Gasteiger partial charge in [-0.3, -0.25) is 4.79 Å². The molecule has 1 aliphatic rings. The molecule has 0 N–H and O–H groups in total. The summed E-state index contributed by atoms with van der Waals surface area (Å²) in [6, 6.07) is 15.5. The molecule has 0 saturated carbocycles. The van der Waals surface area contributed by atoms with Crippen molar-refractivity contribution in [3.05, 3.63) is 65.7 Å². The Morgan fingerprint density at radius 3 is 2.22 bits per heavy atom. The van der Waals surface area contributed by atoms with Crippen molar-refractivity contribution in [1.82, 2.24) is 4.31 Å². The standard InChI is InChI=1S/C21H23NO4S/c1-15-8-10-19(11-9-15)27(25,26)22-13-18(12-16(2)23)20(14-22)21(24)17-6-4-3-5-7-17/h3-11,18,20H,12-14H2,1-2H3/t18-,20-/m1/s1. The zero-order chi connectivity index (χ0) is 19.6. The SMILES string of the molecule is CC(=O)C[C@@H]1CN(S(=O)(=O)c2ccc(C)cc2)C[C@H]1C(=O)c1ccccc1. The van der Waals surface area contributed by atoms with E-state index in [1.807, 2.05) is 13.0 Å². The molecule has 0 aliphatic carbocycles. The van der Waals surface area contributed by atoms with Crippen molar-refractivity contribution in [2.45, 2.75) is 25.2 Å². The van der Waals surface area contributed by atoms with Gasteiger partial charge in [-0.15, -0.1) is 0 Å². The van der Waals surface area contributed by atoms with E-state index in [0.717, 1.165) is 5.56 Å². The van der Waals surface area contributed by atoms with E-state index in [9.17, 15) is 18.0 Å². The van der Waals surface area contributed by atoms with Gasteiger partial charge in [-0.25, -0.2) is 8.42 Å². The number of nitrogens with zero attached hydrogens (tertiary/aromatic N) is 1. The minimum atomic E-state index is -3.70. The highest BCUT2D eigenvalue weighted by molar-refractivity contribution is 7.89. The zero-order valence-electron chi connectivity index (χ0n) is 15.5. The van der Waals surface area contributed by atoms with Crippen molar-refractivity contribution in [2.75, 3.05) is 13.1 Å². The molecule has 6 heteroatoms. The summed E-state index contributed by atoms with van der Waals surface area (Å²) in [6.07, 6.45) is 0.198. The summed E-state index contributed by atoms with van der Waals surface area (Å²) in [5.74, 6) is -0.976. The summed E-state index contributed by atoms with van der Waals surface area (Å²) in [7, 11) is -3.70. The first-order valence-electron chi connectivity index (χ1n) is 8.94. The molecule has 0 spiro atoms. The quantitative estimate of drug-likeness (QED) is 0.717. The zero-order valence-corrected chi connectivity index (χ0v) is 16.3. The van der Waals surface area contributed by atoms with Crippen LogP contribution in [0.3, 0.4) is 0 Å². The number of ketones is 2. The molecular formula is C21H23NO4S. The van der Waals surface area contributed by atoms with Crippen LogP contribution in [-0.4, -0.2) is 37.4 Å². The van der Waals surface area contributed by atoms with Gasteiger partial charge in [0.15, 0.2) is 5.78 Å². The van der Waals surface area contributed by atoms with Crippen LogP contribution in [0.2, 0.25) is 0 Å². The van der Waals surface area contributed by atoms with Gasteiger partial charge in [0.2, 0.25) is 10.0 Å². The Morgan fingerprint density at radius 2 is 1.63 bits per heavy atom. The van der Waals surface area contributed by atoms with Crippen LogP contribution in [0.15, 0.2) is 59.5 Å². The Kier molecular flexibility index (Phi) is 5.58. The molecule has 0 amide bonds. The number of aryl methyl sites for hydroxylation is 1. The maximum absolute atomic E-state index is 13.0.